The molecule has 2 aromatic rings. The highest BCUT2D eigenvalue weighted by Gasteiger charge is 2.57. The van der Waals surface area contributed by atoms with Crippen molar-refractivity contribution >= 4 is 15.7 Å². The van der Waals surface area contributed by atoms with Gasteiger partial charge in [0.05, 0.1) is 4.90 Å². The van der Waals surface area contributed by atoms with E-state index in [0.717, 1.165) is 43.8 Å². The molecule has 9 heteroatoms. The Morgan fingerprint density at radius 3 is 2.26 bits per heavy atom. The average molecular weight is 398 g/mol. The highest BCUT2D eigenvalue weighted by Crippen LogP contribution is 2.56. The number of piperidine rings is 1. The minimum atomic E-state index is -4.82. The van der Waals surface area contributed by atoms with Gasteiger partial charge in [-0.2, -0.15) is 0 Å². The van der Waals surface area contributed by atoms with Crippen LogP contribution in [0.1, 0.15) is 12.0 Å². The molecule has 1 saturated heterocycles. The number of sulfonamides is 1. The van der Waals surface area contributed by atoms with E-state index < -0.39 is 22.1 Å². The Kier molecular flexibility index (Phi) is 4.12. The standard InChI is InChI=1S/C18H17F3N2O3S/c19-18(20,21)26-15-5-7-16(8-6-15)27(24,25)23-14-3-1-12(2-4-14)17-9-13(17)10-22-11-17/h1-8,13,22-23H,9-11H2/t13-,17+/m0/s1. The molecule has 0 spiro atoms. The molecule has 5 nitrogen and oxygen atoms in total. The summed E-state index contributed by atoms with van der Waals surface area (Å²) in [6.07, 6.45) is -3.67. The predicted octanol–water partition coefficient (Wildman–Crippen LogP) is 3.25. The van der Waals surface area contributed by atoms with Gasteiger partial charge in [-0.25, -0.2) is 8.42 Å². The van der Waals surface area contributed by atoms with Gasteiger partial charge >= 0.3 is 6.36 Å². The Bertz CT molecular complexity index is 943. The van der Waals surface area contributed by atoms with Gasteiger partial charge in [-0.1, -0.05) is 12.1 Å². The number of fused-ring (bicyclic) bond motifs is 1. The molecule has 1 aliphatic carbocycles. The second-order valence-electron chi connectivity index (χ2n) is 6.89. The fourth-order valence-electron chi connectivity index (χ4n) is 3.69. The first kappa shape index (κ1) is 18.1. The van der Waals surface area contributed by atoms with E-state index in [0.29, 0.717) is 11.6 Å². The van der Waals surface area contributed by atoms with E-state index in [1.165, 1.54) is 5.56 Å². The van der Waals surface area contributed by atoms with Crippen molar-refractivity contribution in [2.75, 3.05) is 17.8 Å². The quantitative estimate of drug-likeness (QED) is 0.812. The van der Waals surface area contributed by atoms with E-state index in [1.807, 2.05) is 12.1 Å². The molecule has 0 bridgehead atoms. The van der Waals surface area contributed by atoms with E-state index >= 15 is 0 Å². The van der Waals surface area contributed by atoms with Crippen molar-refractivity contribution in [1.29, 1.82) is 0 Å². The SMILES string of the molecule is O=S(=O)(Nc1ccc([C@@]23CNC[C@@H]2C3)cc1)c1ccc(OC(F)(F)F)cc1. The third-order valence-corrected chi connectivity index (χ3v) is 6.54. The maximum absolute atomic E-state index is 12.4. The summed E-state index contributed by atoms with van der Waals surface area (Å²) in [5.74, 6) is 0.173. The zero-order valence-corrected chi connectivity index (χ0v) is 14.9. The second-order valence-corrected chi connectivity index (χ2v) is 8.57. The summed E-state index contributed by atoms with van der Waals surface area (Å²) in [6, 6.07) is 11.3. The zero-order valence-electron chi connectivity index (χ0n) is 14.1. The molecule has 2 atom stereocenters. The molecule has 0 radical (unpaired) electrons. The van der Waals surface area contributed by atoms with Crippen LogP contribution >= 0.6 is 0 Å². The Labute approximate surface area is 154 Å². The van der Waals surface area contributed by atoms with Crippen molar-refractivity contribution < 1.29 is 26.3 Å². The first-order chi connectivity index (χ1) is 12.7. The maximum atomic E-state index is 12.4. The Morgan fingerprint density at radius 1 is 1.07 bits per heavy atom. The van der Waals surface area contributed by atoms with E-state index in [9.17, 15) is 21.6 Å². The third-order valence-electron chi connectivity index (χ3n) is 5.14. The number of rotatable bonds is 5. The van der Waals surface area contributed by atoms with Crippen LogP contribution in [0.15, 0.2) is 53.4 Å². The molecule has 0 aromatic heterocycles. The minimum absolute atomic E-state index is 0.151. The lowest BCUT2D eigenvalue weighted by molar-refractivity contribution is -0.274. The first-order valence-corrected chi connectivity index (χ1v) is 9.86. The van der Waals surface area contributed by atoms with Crippen LogP contribution in [-0.2, 0) is 15.4 Å². The van der Waals surface area contributed by atoms with Gasteiger partial charge in [0.2, 0.25) is 0 Å². The fraction of sp³-hybridized carbons (Fsp3) is 0.333. The zero-order chi connectivity index (χ0) is 19.3. The number of benzene rings is 2. The van der Waals surface area contributed by atoms with Gasteiger partial charge < -0.3 is 10.1 Å². The summed E-state index contributed by atoms with van der Waals surface area (Å²) in [7, 11) is -3.91. The van der Waals surface area contributed by atoms with Crippen molar-refractivity contribution in [2.24, 2.45) is 5.92 Å². The van der Waals surface area contributed by atoms with Crippen LogP contribution in [0.5, 0.6) is 5.75 Å². The molecule has 2 fully saturated rings. The average Bonchev–Trinajstić information content (AvgIpc) is 3.15. The van der Waals surface area contributed by atoms with E-state index in [1.54, 1.807) is 12.1 Å². The highest BCUT2D eigenvalue weighted by molar-refractivity contribution is 7.92. The fourth-order valence-corrected chi connectivity index (χ4v) is 4.75. The third kappa shape index (κ3) is 3.61. The molecule has 0 amide bonds. The van der Waals surface area contributed by atoms with Crippen molar-refractivity contribution in [2.45, 2.75) is 23.1 Å². The number of hydrogen-bond acceptors (Lipinski definition) is 4. The summed E-state index contributed by atoms with van der Waals surface area (Å²) in [6.45, 7) is 1.96. The largest absolute Gasteiger partial charge is 0.573 e. The van der Waals surface area contributed by atoms with Gasteiger partial charge in [-0.05, 0) is 60.8 Å². The smallest absolute Gasteiger partial charge is 0.406 e. The molecular formula is C18H17F3N2O3S. The maximum Gasteiger partial charge on any atom is 0.573 e. The van der Waals surface area contributed by atoms with Crippen LogP contribution in [0.2, 0.25) is 0 Å². The van der Waals surface area contributed by atoms with Crippen LogP contribution < -0.4 is 14.8 Å². The first-order valence-electron chi connectivity index (χ1n) is 8.38. The van der Waals surface area contributed by atoms with Crippen molar-refractivity contribution in [3.8, 4) is 5.75 Å². The Hall–Kier alpha value is -2.26. The monoisotopic (exact) mass is 398 g/mol. The molecular weight excluding hydrogens is 381 g/mol. The van der Waals surface area contributed by atoms with Crippen LogP contribution in [0.25, 0.3) is 0 Å². The predicted molar refractivity (Wildman–Crippen MR) is 93.0 cm³/mol. The van der Waals surface area contributed by atoms with Gasteiger partial charge in [-0.3, -0.25) is 4.72 Å². The lowest BCUT2D eigenvalue weighted by Gasteiger charge is -2.14. The molecule has 1 saturated carbocycles. The lowest BCUT2D eigenvalue weighted by Crippen LogP contribution is -2.19. The molecule has 2 N–H and O–H groups in total. The van der Waals surface area contributed by atoms with E-state index in [4.69, 9.17) is 0 Å². The van der Waals surface area contributed by atoms with Gasteiger partial charge in [-0.15, -0.1) is 13.2 Å². The van der Waals surface area contributed by atoms with Gasteiger partial charge in [0, 0.05) is 17.6 Å². The molecule has 144 valence electrons. The number of alkyl halides is 3. The van der Waals surface area contributed by atoms with Gasteiger partial charge in [0.15, 0.2) is 0 Å². The van der Waals surface area contributed by atoms with E-state index in [2.05, 4.69) is 14.8 Å². The summed E-state index contributed by atoms with van der Waals surface area (Å²) < 4.78 is 67.6. The molecule has 2 aromatic carbocycles. The van der Waals surface area contributed by atoms with Crippen molar-refractivity contribution in [1.82, 2.24) is 5.32 Å². The Balaban J connectivity index is 1.47. The van der Waals surface area contributed by atoms with Crippen LogP contribution in [0, 0.1) is 5.92 Å². The number of hydrogen-bond donors (Lipinski definition) is 2. The van der Waals surface area contributed by atoms with E-state index in [-0.39, 0.29) is 10.3 Å². The van der Waals surface area contributed by atoms with Crippen molar-refractivity contribution in [3.63, 3.8) is 0 Å². The molecule has 4 rings (SSSR count). The summed E-state index contributed by atoms with van der Waals surface area (Å²) >= 11 is 0. The Morgan fingerprint density at radius 2 is 1.74 bits per heavy atom. The number of anilines is 1. The normalized spacial score (nSPS) is 24.3. The molecule has 1 aliphatic heterocycles. The van der Waals surface area contributed by atoms with Crippen LogP contribution in [-0.4, -0.2) is 27.9 Å². The van der Waals surface area contributed by atoms with Crippen LogP contribution in [0.3, 0.4) is 0 Å². The number of nitrogens with one attached hydrogen (secondary N) is 2. The highest BCUT2D eigenvalue weighted by atomic mass is 32.2. The van der Waals surface area contributed by atoms with Gasteiger partial charge in [0.25, 0.3) is 10.0 Å². The molecule has 1 heterocycles. The topological polar surface area (TPSA) is 67.4 Å². The second kappa shape index (κ2) is 6.13. The van der Waals surface area contributed by atoms with Gasteiger partial charge in [0.1, 0.15) is 5.75 Å². The number of halogens is 3. The van der Waals surface area contributed by atoms with Crippen LogP contribution in [0.4, 0.5) is 18.9 Å². The minimum Gasteiger partial charge on any atom is -0.406 e. The number of ether oxygens (including phenoxy) is 1. The molecule has 2 aliphatic rings. The lowest BCUT2D eigenvalue weighted by atomic mass is 9.95. The summed E-state index contributed by atoms with van der Waals surface area (Å²) in [5, 5.41) is 3.36. The molecule has 27 heavy (non-hydrogen) atoms. The van der Waals surface area contributed by atoms with Crippen molar-refractivity contribution in [3.05, 3.63) is 54.1 Å². The summed E-state index contributed by atoms with van der Waals surface area (Å²) in [5.41, 5.74) is 1.77. The summed E-state index contributed by atoms with van der Waals surface area (Å²) in [4.78, 5) is -0.151. The molecule has 0 unspecified atom stereocenters.